The number of carbonyl (C=O) groups is 1. The first-order chi connectivity index (χ1) is 11.7. The van der Waals surface area contributed by atoms with Crippen molar-refractivity contribution in [2.45, 2.75) is 26.2 Å². The van der Waals surface area contributed by atoms with E-state index in [1.807, 2.05) is 37.3 Å². The van der Waals surface area contributed by atoms with Gasteiger partial charge in [0.25, 0.3) is 5.91 Å². The number of nitrogens with zero attached hydrogens (tertiary/aromatic N) is 2. The van der Waals surface area contributed by atoms with Crippen LogP contribution in [0.25, 0.3) is 0 Å². The van der Waals surface area contributed by atoms with E-state index in [-0.39, 0.29) is 5.91 Å². The van der Waals surface area contributed by atoms with Gasteiger partial charge in [-0.05, 0) is 37.5 Å². The molecule has 0 aliphatic heterocycles. The number of aryl methyl sites for hydroxylation is 3. The van der Waals surface area contributed by atoms with Crippen LogP contribution in [0.2, 0.25) is 0 Å². The minimum atomic E-state index is -0.151. The monoisotopic (exact) mass is 337 g/mol. The van der Waals surface area contributed by atoms with E-state index in [0.717, 1.165) is 29.8 Å². The van der Waals surface area contributed by atoms with Gasteiger partial charge >= 0.3 is 0 Å². The minimum absolute atomic E-state index is 0.151. The molecule has 4 nitrogen and oxygen atoms in total. The maximum atomic E-state index is 12.2. The molecule has 0 saturated heterocycles. The summed E-state index contributed by atoms with van der Waals surface area (Å²) in [4.78, 5) is 12.2. The van der Waals surface area contributed by atoms with Gasteiger partial charge < -0.3 is 0 Å². The van der Waals surface area contributed by atoms with Gasteiger partial charge in [0, 0.05) is 12.0 Å². The second-order valence-electron chi connectivity index (χ2n) is 5.66. The lowest BCUT2D eigenvalue weighted by Crippen LogP contribution is -2.11. The fraction of sp³-hybridized carbons (Fsp3) is 0.211. The third-order valence-corrected chi connectivity index (χ3v) is 4.60. The second kappa shape index (κ2) is 7.84. The molecule has 0 fully saturated rings. The van der Waals surface area contributed by atoms with Crippen molar-refractivity contribution in [1.29, 1.82) is 0 Å². The SMILES string of the molecule is Cc1ccc(C(=O)Nc2nnc(CCCc3ccccc3)s2)cc1. The van der Waals surface area contributed by atoms with Crippen molar-refractivity contribution < 1.29 is 4.79 Å². The molecule has 0 spiro atoms. The summed E-state index contributed by atoms with van der Waals surface area (Å²) in [5.41, 5.74) is 3.08. The van der Waals surface area contributed by atoms with Crippen LogP contribution in [0.1, 0.15) is 32.9 Å². The highest BCUT2D eigenvalue weighted by molar-refractivity contribution is 7.15. The lowest BCUT2D eigenvalue weighted by molar-refractivity contribution is 0.102. The average molecular weight is 337 g/mol. The fourth-order valence-corrected chi connectivity index (χ4v) is 3.14. The Bertz CT molecular complexity index is 797. The van der Waals surface area contributed by atoms with Crippen LogP contribution in [0, 0.1) is 6.92 Å². The lowest BCUT2D eigenvalue weighted by Gasteiger charge is -2.01. The van der Waals surface area contributed by atoms with Crippen LogP contribution in [0.4, 0.5) is 5.13 Å². The van der Waals surface area contributed by atoms with Gasteiger partial charge in [-0.2, -0.15) is 0 Å². The first-order valence-electron chi connectivity index (χ1n) is 7.95. The van der Waals surface area contributed by atoms with Gasteiger partial charge in [0.05, 0.1) is 0 Å². The number of rotatable bonds is 6. The van der Waals surface area contributed by atoms with Crippen molar-refractivity contribution in [3.05, 3.63) is 76.3 Å². The van der Waals surface area contributed by atoms with Crippen LogP contribution in [0.3, 0.4) is 0 Å². The number of aromatic nitrogens is 2. The fourth-order valence-electron chi connectivity index (χ4n) is 2.37. The molecule has 0 bridgehead atoms. The van der Waals surface area contributed by atoms with Crippen molar-refractivity contribution in [2.75, 3.05) is 5.32 Å². The molecule has 0 atom stereocenters. The summed E-state index contributed by atoms with van der Waals surface area (Å²) in [7, 11) is 0. The second-order valence-corrected chi connectivity index (χ2v) is 6.72. The summed E-state index contributed by atoms with van der Waals surface area (Å²) in [5.74, 6) is -0.151. The van der Waals surface area contributed by atoms with Crippen molar-refractivity contribution in [3.63, 3.8) is 0 Å². The van der Waals surface area contributed by atoms with Crippen LogP contribution in [-0.4, -0.2) is 16.1 Å². The summed E-state index contributed by atoms with van der Waals surface area (Å²) in [5, 5.41) is 12.5. The Morgan fingerprint density at radius 3 is 2.50 bits per heavy atom. The zero-order chi connectivity index (χ0) is 16.8. The van der Waals surface area contributed by atoms with Crippen LogP contribution in [0.5, 0.6) is 0 Å². The van der Waals surface area contributed by atoms with Gasteiger partial charge in [0.15, 0.2) is 0 Å². The van der Waals surface area contributed by atoms with Crippen LogP contribution >= 0.6 is 11.3 Å². The molecule has 0 saturated carbocycles. The molecule has 0 unspecified atom stereocenters. The molecule has 5 heteroatoms. The number of nitrogens with one attached hydrogen (secondary N) is 1. The minimum Gasteiger partial charge on any atom is -0.296 e. The molecule has 0 radical (unpaired) electrons. The summed E-state index contributed by atoms with van der Waals surface area (Å²) in [6.07, 6.45) is 2.91. The molecule has 1 heterocycles. The van der Waals surface area contributed by atoms with E-state index < -0.39 is 0 Å². The van der Waals surface area contributed by atoms with E-state index in [2.05, 4.69) is 39.8 Å². The van der Waals surface area contributed by atoms with Crippen molar-refractivity contribution >= 4 is 22.4 Å². The van der Waals surface area contributed by atoms with Crippen molar-refractivity contribution in [3.8, 4) is 0 Å². The molecule has 122 valence electrons. The van der Waals surface area contributed by atoms with Crippen molar-refractivity contribution in [1.82, 2.24) is 10.2 Å². The Balaban J connectivity index is 1.51. The van der Waals surface area contributed by atoms with Gasteiger partial charge in [-0.3, -0.25) is 10.1 Å². The highest BCUT2D eigenvalue weighted by Crippen LogP contribution is 2.18. The largest absolute Gasteiger partial charge is 0.296 e. The Morgan fingerprint density at radius 2 is 1.75 bits per heavy atom. The quantitative estimate of drug-likeness (QED) is 0.730. The molecule has 2 aromatic carbocycles. The zero-order valence-electron chi connectivity index (χ0n) is 13.5. The topological polar surface area (TPSA) is 54.9 Å². The number of benzene rings is 2. The normalized spacial score (nSPS) is 10.5. The average Bonchev–Trinajstić information content (AvgIpc) is 3.04. The summed E-state index contributed by atoms with van der Waals surface area (Å²) < 4.78 is 0. The van der Waals surface area contributed by atoms with Gasteiger partial charge in [-0.1, -0.05) is 59.4 Å². The number of carbonyl (C=O) groups excluding carboxylic acids is 1. The first kappa shape index (κ1) is 16.3. The molecule has 3 aromatic rings. The molecule has 1 N–H and O–H groups in total. The highest BCUT2D eigenvalue weighted by Gasteiger charge is 2.10. The Hall–Kier alpha value is -2.53. The molecule has 0 aliphatic rings. The highest BCUT2D eigenvalue weighted by atomic mass is 32.1. The van der Waals surface area contributed by atoms with Crippen LogP contribution < -0.4 is 5.32 Å². The molecule has 3 rings (SSSR count). The molecular weight excluding hydrogens is 318 g/mol. The Kier molecular flexibility index (Phi) is 5.33. The standard InChI is InChI=1S/C19H19N3OS/c1-14-10-12-16(13-11-14)18(23)20-19-22-21-17(24-19)9-5-8-15-6-3-2-4-7-15/h2-4,6-7,10-13H,5,8-9H2,1H3,(H,20,22,23). The van der Waals surface area contributed by atoms with E-state index in [1.54, 1.807) is 0 Å². The van der Waals surface area contributed by atoms with E-state index in [0.29, 0.717) is 10.7 Å². The predicted molar refractivity (Wildman–Crippen MR) is 97.5 cm³/mol. The molecule has 0 aliphatic carbocycles. The summed E-state index contributed by atoms with van der Waals surface area (Å²) >= 11 is 1.44. The zero-order valence-corrected chi connectivity index (χ0v) is 14.3. The van der Waals surface area contributed by atoms with Crippen LogP contribution in [-0.2, 0) is 12.8 Å². The number of anilines is 1. The smallest absolute Gasteiger partial charge is 0.257 e. The molecular formula is C19H19N3OS. The van der Waals surface area contributed by atoms with Crippen molar-refractivity contribution in [2.24, 2.45) is 0 Å². The molecule has 1 aromatic heterocycles. The Labute approximate surface area is 145 Å². The number of amides is 1. The summed E-state index contributed by atoms with van der Waals surface area (Å²) in [6, 6.07) is 17.9. The Morgan fingerprint density at radius 1 is 1.00 bits per heavy atom. The van der Waals surface area contributed by atoms with E-state index in [1.165, 1.54) is 16.9 Å². The number of hydrogen-bond acceptors (Lipinski definition) is 4. The van der Waals surface area contributed by atoms with Gasteiger partial charge in [-0.15, -0.1) is 10.2 Å². The predicted octanol–water partition coefficient (Wildman–Crippen LogP) is 4.27. The molecule has 1 amide bonds. The lowest BCUT2D eigenvalue weighted by atomic mass is 10.1. The van der Waals surface area contributed by atoms with Gasteiger partial charge in [-0.25, -0.2) is 0 Å². The van der Waals surface area contributed by atoms with Gasteiger partial charge in [0.1, 0.15) is 5.01 Å². The van der Waals surface area contributed by atoms with E-state index in [4.69, 9.17) is 0 Å². The third-order valence-electron chi connectivity index (χ3n) is 3.70. The van der Waals surface area contributed by atoms with Crippen LogP contribution in [0.15, 0.2) is 54.6 Å². The van der Waals surface area contributed by atoms with E-state index >= 15 is 0 Å². The number of hydrogen-bond donors (Lipinski definition) is 1. The first-order valence-corrected chi connectivity index (χ1v) is 8.77. The van der Waals surface area contributed by atoms with Gasteiger partial charge in [0.2, 0.25) is 5.13 Å². The van der Waals surface area contributed by atoms with E-state index in [9.17, 15) is 4.79 Å². The third kappa shape index (κ3) is 4.49. The summed E-state index contributed by atoms with van der Waals surface area (Å²) in [6.45, 7) is 1.99. The maximum Gasteiger partial charge on any atom is 0.257 e. The maximum absolute atomic E-state index is 12.2. The molecule has 24 heavy (non-hydrogen) atoms.